The van der Waals surface area contributed by atoms with E-state index in [0.29, 0.717) is 19.1 Å². The van der Waals surface area contributed by atoms with Gasteiger partial charge in [-0.1, -0.05) is 18.2 Å². The van der Waals surface area contributed by atoms with Gasteiger partial charge in [-0.05, 0) is 30.7 Å². The van der Waals surface area contributed by atoms with E-state index in [4.69, 9.17) is 9.15 Å². The van der Waals surface area contributed by atoms with Gasteiger partial charge >= 0.3 is 0 Å². The molecule has 0 saturated carbocycles. The van der Waals surface area contributed by atoms with Crippen molar-refractivity contribution in [3.8, 4) is 0 Å². The zero-order valence-electron chi connectivity index (χ0n) is 13.1. The van der Waals surface area contributed by atoms with Crippen LogP contribution in [-0.2, 0) is 20.3 Å². The van der Waals surface area contributed by atoms with Crippen LogP contribution >= 0.6 is 0 Å². The first-order valence-corrected chi connectivity index (χ1v) is 9.42. The van der Waals surface area contributed by atoms with E-state index in [1.165, 1.54) is 24.3 Å². The van der Waals surface area contributed by atoms with Gasteiger partial charge in [-0.3, -0.25) is 4.79 Å². The molecule has 1 aliphatic heterocycles. The Bertz CT molecular complexity index is 791. The summed E-state index contributed by atoms with van der Waals surface area (Å²) in [7, 11) is -3.49. The average Bonchev–Trinajstić information content (AvgIpc) is 3.25. The van der Waals surface area contributed by atoms with E-state index in [0.717, 1.165) is 13.0 Å². The Labute approximate surface area is 140 Å². The molecule has 1 saturated heterocycles. The van der Waals surface area contributed by atoms with Crippen LogP contribution in [0.1, 0.15) is 22.7 Å². The molecule has 1 aromatic carbocycles. The molecule has 1 amide bonds. The molecule has 0 aliphatic carbocycles. The first-order chi connectivity index (χ1) is 11.5. The van der Waals surface area contributed by atoms with Crippen LogP contribution < -0.4 is 5.32 Å². The predicted molar refractivity (Wildman–Crippen MR) is 87.3 cm³/mol. The fourth-order valence-corrected chi connectivity index (χ4v) is 3.81. The van der Waals surface area contributed by atoms with Gasteiger partial charge in [0.05, 0.1) is 11.5 Å². The number of hydrogen-bond acceptors (Lipinski definition) is 5. The monoisotopic (exact) mass is 349 g/mol. The fourth-order valence-electron chi connectivity index (χ4n) is 2.54. The molecule has 0 bridgehead atoms. The SMILES string of the molecule is O=C(NC[C@H]1CCOC1)c1ccc(CS(=O)(=O)c2ccccc2)o1. The van der Waals surface area contributed by atoms with Crippen molar-refractivity contribution in [1.82, 2.24) is 5.32 Å². The molecule has 2 heterocycles. The maximum Gasteiger partial charge on any atom is 0.287 e. The second-order valence-corrected chi connectivity index (χ2v) is 7.77. The Hall–Kier alpha value is -2.12. The van der Waals surface area contributed by atoms with E-state index in [1.807, 2.05) is 0 Å². The van der Waals surface area contributed by atoms with Crippen LogP contribution in [0.3, 0.4) is 0 Å². The lowest BCUT2D eigenvalue weighted by atomic mass is 10.1. The number of ether oxygens (including phenoxy) is 1. The third-order valence-electron chi connectivity index (χ3n) is 3.90. The lowest BCUT2D eigenvalue weighted by Crippen LogP contribution is -2.29. The van der Waals surface area contributed by atoms with Crippen LogP contribution in [0.25, 0.3) is 0 Å². The van der Waals surface area contributed by atoms with Crippen LogP contribution in [0.5, 0.6) is 0 Å². The highest BCUT2D eigenvalue weighted by molar-refractivity contribution is 7.90. The molecule has 6 nitrogen and oxygen atoms in total. The summed E-state index contributed by atoms with van der Waals surface area (Å²) in [5, 5.41) is 2.79. The maximum atomic E-state index is 12.3. The Morgan fingerprint density at radius 2 is 1.96 bits per heavy atom. The molecule has 1 aliphatic rings. The van der Waals surface area contributed by atoms with Gasteiger partial charge in [0, 0.05) is 19.1 Å². The Balaban J connectivity index is 1.61. The summed E-state index contributed by atoms with van der Waals surface area (Å²) in [5.74, 6) is 0.0632. The minimum atomic E-state index is -3.49. The first kappa shape index (κ1) is 16.7. The molecular formula is C17H19NO5S. The Kier molecular flexibility index (Phi) is 5.01. The molecule has 1 N–H and O–H groups in total. The summed E-state index contributed by atoms with van der Waals surface area (Å²) < 4.78 is 35.3. The fraction of sp³-hybridized carbons (Fsp3) is 0.353. The van der Waals surface area contributed by atoms with Gasteiger partial charge in [-0.2, -0.15) is 0 Å². The van der Waals surface area contributed by atoms with Crippen molar-refractivity contribution < 1.29 is 22.4 Å². The predicted octanol–water partition coefficient (Wildman–Crippen LogP) is 2.02. The summed E-state index contributed by atoms with van der Waals surface area (Å²) in [6, 6.07) is 11.2. The van der Waals surface area contributed by atoms with E-state index < -0.39 is 9.84 Å². The molecular weight excluding hydrogens is 330 g/mol. The smallest absolute Gasteiger partial charge is 0.287 e. The molecule has 0 spiro atoms. The largest absolute Gasteiger partial charge is 0.455 e. The van der Waals surface area contributed by atoms with Crippen LogP contribution in [-0.4, -0.2) is 34.1 Å². The quantitative estimate of drug-likeness (QED) is 0.862. The zero-order valence-corrected chi connectivity index (χ0v) is 13.9. The van der Waals surface area contributed by atoms with Gasteiger partial charge in [-0.15, -0.1) is 0 Å². The lowest BCUT2D eigenvalue weighted by Gasteiger charge is -2.07. The van der Waals surface area contributed by atoms with Gasteiger partial charge in [0.15, 0.2) is 15.6 Å². The van der Waals surface area contributed by atoms with Crippen molar-refractivity contribution in [3.05, 3.63) is 54.0 Å². The van der Waals surface area contributed by atoms with Gasteiger partial charge in [0.25, 0.3) is 5.91 Å². The van der Waals surface area contributed by atoms with Crippen LogP contribution in [0, 0.1) is 5.92 Å². The Morgan fingerprint density at radius 3 is 2.67 bits per heavy atom. The third kappa shape index (κ3) is 4.04. The van der Waals surface area contributed by atoms with Gasteiger partial charge < -0.3 is 14.5 Å². The molecule has 2 aromatic rings. The van der Waals surface area contributed by atoms with E-state index in [9.17, 15) is 13.2 Å². The van der Waals surface area contributed by atoms with Gasteiger partial charge in [-0.25, -0.2) is 8.42 Å². The van der Waals surface area contributed by atoms with E-state index in [2.05, 4.69) is 5.32 Å². The summed E-state index contributed by atoms with van der Waals surface area (Å²) >= 11 is 0. The Morgan fingerprint density at radius 1 is 1.17 bits per heavy atom. The van der Waals surface area contributed by atoms with Crippen LogP contribution in [0.4, 0.5) is 0 Å². The molecule has 1 aromatic heterocycles. The number of benzene rings is 1. The first-order valence-electron chi connectivity index (χ1n) is 7.77. The highest BCUT2D eigenvalue weighted by Gasteiger charge is 2.20. The molecule has 7 heteroatoms. The van der Waals surface area contributed by atoms with Crippen LogP contribution in [0.15, 0.2) is 51.8 Å². The average molecular weight is 349 g/mol. The second kappa shape index (κ2) is 7.19. The topological polar surface area (TPSA) is 85.6 Å². The molecule has 1 atom stereocenters. The summed E-state index contributed by atoms with van der Waals surface area (Å²) in [6.07, 6.45) is 0.930. The lowest BCUT2D eigenvalue weighted by molar-refractivity contribution is 0.0915. The molecule has 1 fully saturated rings. The number of carbonyl (C=O) groups excluding carboxylic acids is 1. The van der Waals surface area contributed by atoms with Gasteiger partial charge in [0.1, 0.15) is 11.5 Å². The van der Waals surface area contributed by atoms with Crippen molar-refractivity contribution in [1.29, 1.82) is 0 Å². The van der Waals surface area contributed by atoms with Crippen LogP contribution in [0.2, 0.25) is 0 Å². The normalized spacial score (nSPS) is 17.8. The number of nitrogens with one attached hydrogen (secondary N) is 1. The molecule has 3 rings (SSSR count). The second-order valence-electron chi connectivity index (χ2n) is 5.78. The summed E-state index contributed by atoms with van der Waals surface area (Å²) in [6.45, 7) is 1.90. The standard InChI is InChI=1S/C17H19NO5S/c19-17(18-10-13-8-9-22-11-13)16-7-6-14(23-16)12-24(20,21)15-4-2-1-3-5-15/h1-7,13H,8-12H2,(H,18,19)/t13-/m1/s1. The summed E-state index contributed by atoms with van der Waals surface area (Å²) in [4.78, 5) is 12.3. The minimum absolute atomic E-state index is 0.118. The number of carbonyl (C=O) groups is 1. The molecule has 128 valence electrons. The highest BCUT2D eigenvalue weighted by atomic mass is 32.2. The van der Waals surface area contributed by atoms with E-state index >= 15 is 0 Å². The van der Waals surface area contributed by atoms with Crippen molar-refractivity contribution in [2.24, 2.45) is 5.92 Å². The maximum absolute atomic E-state index is 12.3. The summed E-state index contributed by atoms with van der Waals surface area (Å²) in [5.41, 5.74) is 0. The van der Waals surface area contributed by atoms with Crippen molar-refractivity contribution in [3.63, 3.8) is 0 Å². The van der Waals surface area contributed by atoms with E-state index in [-0.39, 0.29) is 28.1 Å². The molecule has 24 heavy (non-hydrogen) atoms. The molecule has 0 radical (unpaired) electrons. The van der Waals surface area contributed by atoms with Crippen molar-refractivity contribution >= 4 is 15.7 Å². The minimum Gasteiger partial charge on any atom is -0.455 e. The number of amides is 1. The number of hydrogen-bond donors (Lipinski definition) is 1. The zero-order chi connectivity index (χ0) is 17.0. The molecule has 0 unspecified atom stereocenters. The van der Waals surface area contributed by atoms with Crippen molar-refractivity contribution in [2.45, 2.75) is 17.1 Å². The van der Waals surface area contributed by atoms with Gasteiger partial charge in [0.2, 0.25) is 0 Å². The number of furan rings is 1. The third-order valence-corrected chi connectivity index (χ3v) is 5.55. The highest BCUT2D eigenvalue weighted by Crippen LogP contribution is 2.18. The van der Waals surface area contributed by atoms with E-state index in [1.54, 1.807) is 18.2 Å². The number of rotatable bonds is 6. The number of sulfone groups is 1. The van der Waals surface area contributed by atoms with Crippen molar-refractivity contribution in [2.75, 3.05) is 19.8 Å².